The zero-order valence-electron chi connectivity index (χ0n) is 15.3. The molecule has 27 heavy (non-hydrogen) atoms. The molecule has 1 aliphatic heterocycles. The molecule has 0 amide bonds. The zero-order chi connectivity index (χ0) is 20.6. The number of esters is 4. The van der Waals surface area contributed by atoms with Gasteiger partial charge in [-0.25, -0.2) is 0 Å². The molecule has 1 rings (SSSR count). The summed E-state index contributed by atoms with van der Waals surface area (Å²) < 4.78 is 26.4. The van der Waals surface area contributed by atoms with Crippen LogP contribution in [0.2, 0.25) is 0 Å². The Labute approximate surface area is 160 Å². The van der Waals surface area contributed by atoms with Crippen molar-refractivity contribution >= 4 is 35.6 Å². The zero-order valence-corrected chi connectivity index (χ0v) is 16.1. The lowest BCUT2D eigenvalue weighted by Gasteiger charge is -2.44. The Balaban J connectivity index is 3.25. The van der Waals surface area contributed by atoms with E-state index in [-0.39, 0.29) is 12.4 Å². The van der Waals surface area contributed by atoms with Crippen LogP contribution in [0.3, 0.4) is 0 Å². The standard InChI is InChI=1S/C16H21NO9S/c1-8(18)22-7-12-13(23-9(2)19)14(24-10(3)20)15(25-11(4)21)16(26-12)27-6-5-17/h12-16H,6-7H2,1-4H3/t12-,13+,14+,15-,16+/m1/s1. The Morgan fingerprint density at radius 2 is 1.41 bits per heavy atom. The fourth-order valence-electron chi connectivity index (χ4n) is 2.44. The van der Waals surface area contributed by atoms with Crippen LogP contribution in [0.15, 0.2) is 0 Å². The second kappa shape index (κ2) is 10.7. The van der Waals surface area contributed by atoms with Crippen LogP contribution in [0, 0.1) is 11.3 Å². The van der Waals surface area contributed by atoms with Gasteiger partial charge in [0, 0.05) is 27.7 Å². The lowest BCUT2D eigenvalue weighted by atomic mass is 9.99. The van der Waals surface area contributed by atoms with Crippen LogP contribution in [0.25, 0.3) is 0 Å². The van der Waals surface area contributed by atoms with Gasteiger partial charge >= 0.3 is 23.9 Å². The van der Waals surface area contributed by atoms with Crippen LogP contribution in [-0.2, 0) is 42.9 Å². The van der Waals surface area contributed by atoms with Gasteiger partial charge < -0.3 is 23.7 Å². The van der Waals surface area contributed by atoms with Crippen molar-refractivity contribution in [3.05, 3.63) is 0 Å². The lowest BCUT2D eigenvalue weighted by Crippen LogP contribution is -2.61. The molecule has 1 aliphatic rings. The van der Waals surface area contributed by atoms with E-state index in [9.17, 15) is 19.2 Å². The van der Waals surface area contributed by atoms with Gasteiger partial charge in [0.2, 0.25) is 0 Å². The number of thioether (sulfide) groups is 1. The van der Waals surface area contributed by atoms with Gasteiger partial charge in [-0.1, -0.05) is 0 Å². The Morgan fingerprint density at radius 3 is 1.89 bits per heavy atom. The smallest absolute Gasteiger partial charge is 0.303 e. The number of ether oxygens (including phenoxy) is 5. The molecule has 0 bridgehead atoms. The summed E-state index contributed by atoms with van der Waals surface area (Å²) in [6, 6.07) is 1.92. The van der Waals surface area contributed by atoms with Gasteiger partial charge in [-0.05, 0) is 0 Å². The maximum atomic E-state index is 11.6. The Morgan fingerprint density at radius 1 is 0.889 bits per heavy atom. The average Bonchev–Trinajstić information content (AvgIpc) is 2.54. The predicted octanol–water partition coefficient (Wildman–Crippen LogP) is 0.326. The molecule has 0 unspecified atom stereocenters. The van der Waals surface area contributed by atoms with Gasteiger partial charge in [0.05, 0.1) is 11.8 Å². The monoisotopic (exact) mass is 403 g/mol. The molecule has 1 fully saturated rings. The molecule has 1 saturated heterocycles. The molecule has 11 heteroatoms. The predicted molar refractivity (Wildman–Crippen MR) is 90.0 cm³/mol. The average molecular weight is 403 g/mol. The molecule has 1 heterocycles. The minimum absolute atomic E-state index is 0.00621. The molecule has 0 N–H and O–H groups in total. The topological polar surface area (TPSA) is 138 Å². The third kappa shape index (κ3) is 7.44. The highest BCUT2D eigenvalue weighted by Crippen LogP contribution is 2.34. The molecular formula is C16H21NO9S. The normalized spacial score (nSPS) is 27.0. The maximum Gasteiger partial charge on any atom is 0.303 e. The van der Waals surface area contributed by atoms with Crippen LogP contribution >= 0.6 is 11.8 Å². The molecule has 0 aliphatic carbocycles. The molecule has 5 atom stereocenters. The lowest BCUT2D eigenvalue weighted by molar-refractivity contribution is -0.237. The third-order valence-corrected chi connectivity index (χ3v) is 4.26. The summed E-state index contributed by atoms with van der Waals surface area (Å²) in [6.45, 7) is 4.34. The number of carbonyl (C=O) groups excluding carboxylic acids is 4. The fourth-order valence-corrected chi connectivity index (χ4v) is 3.30. The van der Waals surface area contributed by atoms with Gasteiger partial charge in [-0.15, -0.1) is 11.8 Å². The van der Waals surface area contributed by atoms with Crippen LogP contribution in [0.4, 0.5) is 0 Å². The van der Waals surface area contributed by atoms with Crippen molar-refractivity contribution in [3.63, 3.8) is 0 Å². The minimum Gasteiger partial charge on any atom is -0.463 e. The van der Waals surface area contributed by atoms with Gasteiger partial charge in [0.15, 0.2) is 18.3 Å². The summed E-state index contributed by atoms with van der Waals surface area (Å²) in [4.78, 5) is 45.8. The quantitative estimate of drug-likeness (QED) is 0.429. The Bertz CT molecular complexity index is 618. The van der Waals surface area contributed by atoms with Gasteiger partial charge in [-0.2, -0.15) is 5.26 Å². The summed E-state index contributed by atoms with van der Waals surface area (Å²) >= 11 is 1.00. The number of nitriles is 1. The first-order chi connectivity index (χ1) is 12.6. The van der Waals surface area contributed by atoms with Crippen molar-refractivity contribution in [3.8, 4) is 6.07 Å². The van der Waals surface area contributed by atoms with Gasteiger partial charge in [0.1, 0.15) is 18.1 Å². The maximum absolute atomic E-state index is 11.6. The SMILES string of the molecule is CC(=O)OC[C@H]1O[C@@H](SCC#N)[C@H](OC(C)=O)[C@@H](OC(C)=O)[C@H]1OC(C)=O. The first-order valence-electron chi connectivity index (χ1n) is 7.94. The number of carbonyl (C=O) groups is 4. The third-order valence-electron chi connectivity index (χ3n) is 3.26. The number of hydrogen-bond donors (Lipinski definition) is 0. The summed E-state index contributed by atoms with van der Waals surface area (Å²) in [5.74, 6) is -2.67. The second-order valence-electron chi connectivity index (χ2n) is 5.54. The van der Waals surface area contributed by atoms with E-state index in [2.05, 4.69) is 0 Å². The van der Waals surface area contributed by atoms with E-state index in [1.165, 1.54) is 6.92 Å². The van der Waals surface area contributed by atoms with Gasteiger partial charge in [-0.3, -0.25) is 19.2 Å². The van der Waals surface area contributed by atoms with E-state index in [1.807, 2.05) is 6.07 Å². The first-order valence-corrected chi connectivity index (χ1v) is 8.99. The van der Waals surface area contributed by atoms with E-state index < -0.39 is 53.7 Å². The molecule has 0 aromatic carbocycles. The molecule has 0 radical (unpaired) electrons. The van der Waals surface area contributed by atoms with E-state index >= 15 is 0 Å². The highest BCUT2D eigenvalue weighted by Gasteiger charge is 2.52. The van der Waals surface area contributed by atoms with E-state index in [4.69, 9.17) is 28.9 Å². The van der Waals surface area contributed by atoms with Crippen molar-refractivity contribution in [1.82, 2.24) is 0 Å². The van der Waals surface area contributed by atoms with Crippen molar-refractivity contribution in [2.24, 2.45) is 0 Å². The molecule has 0 saturated carbocycles. The van der Waals surface area contributed by atoms with E-state index in [0.717, 1.165) is 32.5 Å². The van der Waals surface area contributed by atoms with E-state index in [1.54, 1.807) is 0 Å². The van der Waals surface area contributed by atoms with Gasteiger partial charge in [0.25, 0.3) is 0 Å². The summed E-state index contributed by atoms with van der Waals surface area (Å²) in [7, 11) is 0. The highest BCUT2D eigenvalue weighted by molar-refractivity contribution is 8.00. The number of rotatable bonds is 7. The van der Waals surface area contributed by atoms with E-state index in [0.29, 0.717) is 0 Å². The first kappa shape index (κ1) is 22.7. The van der Waals surface area contributed by atoms with Crippen molar-refractivity contribution in [2.75, 3.05) is 12.4 Å². The largest absolute Gasteiger partial charge is 0.463 e. The molecule has 10 nitrogen and oxygen atoms in total. The summed E-state index contributed by atoms with van der Waals surface area (Å²) in [5.41, 5.74) is -0.912. The van der Waals surface area contributed by atoms with Crippen LogP contribution in [0.5, 0.6) is 0 Å². The highest BCUT2D eigenvalue weighted by atomic mass is 32.2. The minimum atomic E-state index is -1.21. The second-order valence-corrected chi connectivity index (χ2v) is 6.62. The number of hydrogen-bond acceptors (Lipinski definition) is 11. The Hall–Kier alpha value is -2.32. The molecule has 150 valence electrons. The van der Waals surface area contributed by atoms with Crippen molar-refractivity contribution in [2.45, 2.75) is 57.5 Å². The Kier molecular flexibility index (Phi) is 9.04. The fraction of sp³-hybridized carbons (Fsp3) is 0.688. The molecule has 0 aromatic rings. The summed E-state index contributed by atoms with van der Waals surface area (Å²) in [6.07, 6.45) is -4.53. The van der Waals surface area contributed by atoms with Crippen LogP contribution < -0.4 is 0 Å². The molecular weight excluding hydrogens is 382 g/mol. The van der Waals surface area contributed by atoms with Crippen molar-refractivity contribution in [1.29, 1.82) is 5.26 Å². The van der Waals surface area contributed by atoms with Crippen molar-refractivity contribution < 1.29 is 42.9 Å². The summed E-state index contributed by atoms with van der Waals surface area (Å²) in [5, 5.41) is 8.83. The van der Waals surface area contributed by atoms with Crippen LogP contribution in [-0.4, -0.2) is 66.1 Å². The number of nitrogens with zero attached hydrogens (tertiary/aromatic N) is 1. The molecule has 0 spiro atoms. The molecule has 0 aromatic heterocycles. The van der Waals surface area contributed by atoms with Crippen LogP contribution in [0.1, 0.15) is 27.7 Å².